The fourth-order valence-electron chi connectivity index (χ4n) is 1.90. The van der Waals surface area contributed by atoms with E-state index in [-0.39, 0.29) is 14.5 Å². The Morgan fingerprint density at radius 1 is 0.905 bits per heavy atom. The van der Waals surface area contributed by atoms with Gasteiger partial charge in [0.2, 0.25) is 0 Å². The Hall–Kier alpha value is -0.960. The van der Waals surface area contributed by atoms with E-state index in [1.54, 1.807) is 0 Å². The van der Waals surface area contributed by atoms with Crippen LogP contribution in [0.15, 0.2) is 33.2 Å². The van der Waals surface area contributed by atoms with Crippen molar-refractivity contribution in [2.45, 2.75) is 6.04 Å². The molecule has 21 heavy (non-hydrogen) atoms. The minimum Gasteiger partial charge on any atom is -0.271 e. The maximum Gasteiger partial charge on any atom is 0.173 e. The van der Waals surface area contributed by atoms with Crippen molar-refractivity contribution in [2.75, 3.05) is 0 Å². The first-order valence-electron chi connectivity index (χ1n) is 5.61. The summed E-state index contributed by atoms with van der Waals surface area (Å²) in [5.41, 5.74) is 1.87. The Balaban J connectivity index is 2.66. The van der Waals surface area contributed by atoms with Crippen molar-refractivity contribution in [2.24, 2.45) is 5.84 Å². The molecule has 0 spiro atoms. The summed E-state index contributed by atoms with van der Waals surface area (Å²) in [5, 5.41) is 0. The van der Waals surface area contributed by atoms with Crippen LogP contribution in [-0.4, -0.2) is 0 Å². The van der Waals surface area contributed by atoms with Crippen LogP contribution in [0.5, 0.6) is 0 Å². The molecule has 0 aliphatic carbocycles. The molecule has 112 valence electrons. The number of hydrazine groups is 1. The third kappa shape index (κ3) is 2.98. The van der Waals surface area contributed by atoms with Crippen molar-refractivity contribution >= 4 is 31.9 Å². The van der Waals surface area contributed by atoms with Crippen molar-refractivity contribution in [3.05, 3.63) is 67.6 Å². The van der Waals surface area contributed by atoms with Crippen molar-refractivity contribution in [3.8, 4) is 0 Å². The summed E-state index contributed by atoms with van der Waals surface area (Å²) in [6.45, 7) is 0. The van der Waals surface area contributed by atoms with E-state index >= 15 is 0 Å². The zero-order valence-electron chi connectivity index (χ0n) is 10.2. The van der Waals surface area contributed by atoms with Gasteiger partial charge in [0, 0.05) is 5.56 Å². The third-order valence-electron chi connectivity index (χ3n) is 2.91. The first-order chi connectivity index (χ1) is 9.88. The molecular formula is C13H8Br2F4N2. The van der Waals surface area contributed by atoms with E-state index in [0.717, 1.165) is 12.1 Å². The van der Waals surface area contributed by atoms with Crippen LogP contribution in [0.3, 0.4) is 0 Å². The lowest BCUT2D eigenvalue weighted by Gasteiger charge is -2.20. The van der Waals surface area contributed by atoms with Crippen molar-refractivity contribution in [3.63, 3.8) is 0 Å². The molecular weight excluding hydrogens is 420 g/mol. The lowest BCUT2D eigenvalue weighted by molar-refractivity contribution is 0.487. The van der Waals surface area contributed by atoms with E-state index < -0.39 is 34.9 Å². The second kappa shape index (κ2) is 6.43. The molecule has 0 radical (unpaired) electrons. The molecule has 0 aliphatic rings. The van der Waals surface area contributed by atoms with E-state index in [4.69, 9.17) is 5.84 Å². The predicted octanol–water partition coefficient (Wildman–Crippen LogP) is 4.32. The fraction of sp³-hybridized carbons (Fsp3) is 0.0769. The number of rotatable bonds is 3. The largest absolute Gasteiger partial charge is 0.271 e. The van der Waals surface area contributed by atoms with Gasteiger partial charge in [-0.2, -0.15) is 0 Å². The number of benzene rings is 2. The van der Waals surface area contributed by atoms with Crippen LogP contribution >= 0.6 is 31.9 Å². The molecule has 0 fully saturated rings. The molecule has 2 rings (SSSR count). The summed E-state index contributed by atoms with van der Waals surface area (Å²) in [4.78, 5) is 0. The van der Waals surface area contributed by atoms with Gasteiger partial charge in [-0.25, -0.2) is 23.0 Å². The fourth-order valence-corrected chi connectivity index (χ4v) is 2.80. The summed E-state index contributed by atoms with van der Waals surface area (Å²) < 4.78 is 54.6. The van der Waals surface area contributed by atoms with Gasteiger partial charge in [-0.3, -0.25) is 5.84 Å². The maximum atomic E-state index is 14.1. The number of nitrogens with two attached hydrogens (primary N) is 1. The Morgan fingerprint density at radius 2 is 1.52 bits per heavy atom. The lowest BCUT2D eigenvalue weighted by atomic mass is 9.98. The average Bonchev–Trinajstić information content (AvgIpc) is 2.46. The minimum absolute atomic E-state index is 0.0258. The average molecular weight is 428 g/mol. The standard InChI is InChI=1S/C13H8Br2F4N2/c14-6-2-4-7(16)9(11(6)18)13(21-20)5-1-3-8(17)12(19)10(5)15/h1-4,13,21H,20H2. The third-order valence-corrected chi connectivity index (χ3v) is 4.33. The molecule has 3 N–H and O–H groups in total. The van der Waals surface area contributed by atoms with E-state index in [2.05, 4.69) is 37.3 Å². The van der Waals surface area contributed by atoms with Gasteiger partial charge in [0.25, 0.3) is 0 Å². The van der Waals surface area contributed by atoms with E-state index in [9.17, 15) is 17.6 Å². The number of halogens is 6. The van der Waals surface area contributed by atoms with Crippen LogP contribution in [0.4, 0.5) is 17.6 Å². The minimum atomic E-state index is -1.20. The second-order valence-corrected chi connectivity index (χ2v) is 5.77. The highest BCUT2D eigenvalue weighted by Gasteiger charge is 2.26. The monoisotopic (exact) mass is 426 g/mol. The molecule has 0 amide bonds. The number of hydrogen-bond donors (Lipinski definition) is 2. The number of nitrogens with one attached hydrogen (secondary N) is 1. The molecule has 0 heterocycles. The number of hydrogen-bond acceptors (Lipinski definition) is 2. The molecule has 0 saturated heterocycles. The van der Waals surface area contributed by atoms with Gasteiger partial charge in [-0.05, 0) is 55.6 Å². The molecule has 0 saturated carbocycles. The molecule has 2 aromatic rings. The Kier molecular flexibility index (Phi) is 5.03. The van der Waals surface area contributed by atoms with E-state index in [1.165, 1.54) is 12.1 Å². The Labute approximate surface area is 134 Å². The molecule has 8 heteroatoms. The molecule has 1 atom stereocenters. The van der Waals surface area contributed by atoms with Gasteiger partial charge < -0.3 is 0 Å². The first kappa shape index (κ1) is 16.4. The molecule has 1 unspecified atom stereocenters. The summed E-state index contributed by atoms with van der Waals surface area (Å²) in [6, 6.07) is 3.08. The van der Waals surface area contributed by atoms with Gasteiger partial charge in [-0.15, -0.1) is 0 Å². The van der Waals surface area contributed by atoms with Crippen LogP contribution in [0, 0.1) is 23.3 Å². The summed E-state index contributed by atoms with van der Waals surface area (Å²) in [7, 11) is 0. The topological polar surface area (TPSA) is 38.0 Å². The highest BCUT2D eigenvalue weighted by Crippen LogP contribution is 2.35. The summed E-state index contributed by atoms with van der Waals surface area (Å²) in [6.07, 6.45) is 0. The lowest BCUT2D eigenvalue weighted by Crippen LogP contribution is -2.31. The molecule has 0 bridgehead atoms. The highest BCUT2D eigenvalue weighted by atomic mass is 79.9. The Morgan fingerprint density at radius 3 is 2.14 bits per heavy atom. The van der Waals surface area contributed by atoms with Gasteiger partial charge >= 0.3 is 0 Å². The highest BCUT2D eigenvalue weighted by molar-refractivity contribution is 9.10. The van der Waals surface area contributed by atoms with Gasteiger partial charge in [0.15, 0.2) is 11.6 Å². The summed E-state index contributed by atoms with van der Waals surface area (Å²) >= 11 is 5.81. The first-order valence-corrected chi connectivity index (χ1v) is 7.20. The molecule has 2 aromatic carbocycles. The zero-order valence-corrected chi connectivity index (χ0v) is 13.4. The zero-order chi connectivity index (χ0) is 15.7. The normalized spacial score (nSPS) is 12.5. The van der Waals surface area contributed by atoms with Crippen molar-refractivity contribution in [1.29, 1.82) is 0 Å². The Bertz CT molecular complexity index is 694. The van der Waals surface area contributed by atoms with Gasteiger partial charge in [-0.1, -0.05) is 6.07 Å². The molecule has 2 nitrogen and oxygen atoms in total. The van der Waals surface area contributed by atoms with E-state index in [1.807, 2.05) is 0 Å². The smallest absolute Gasteiger partial charge is 0.173 e. The maximum absolute atomic E-state index is 14.1. The van der Waals surface area contributed by atoms with Gasteiger partial charge in [0.05, 0.1) is 15.0 Å². The van der Waals surface area contributed by atoms with Crippen LogP contribution < -0.4 is 11.3 Å². The van der Waals surface area contributed by atoms with Crippen LogP contribution in [0.2, 0.25) is 0 Å². The van der Waals surface area contributed by atoms with Crippen LogP contribution in [0.1, 0.15) is 17.2 Å². The van der Waals surface area contributed by atoms with Gasteiger partial charge in [0.1, 0.15) is 11.6 Å². The molecule has 0 aliphatic heterocycles. The quantitative estimate of drug-likeness (QED) is 0.252. The van der Waals surface area contributed by atoms with Crippen molar-refractivity contribution in [1.82, 2.24) is 5.43 Å². The van der Waals surface area contributed by atoms with Crippen molar-refractivity contribution < 1.29 is 17.6 Å². The molecule has 0 aromatic heterocycles. The van der Waals surface area contributed by atoms with E-state index in [0.29, 0.717) is 0 Å². The second-order valence-electron chi connectivity index (χ2n) is 4.12. The SMILES string of the molecule is NNC(c1ccc(F)c(F)c1Br)c1c(F)ccc(Br)c1F. The predicted molar refractivity (Wildman–Crippen MR) is 77.3 cm³/mol. The summed E-state index contributed by atoms with van der Waals surface area (Å²) in [5.74, 6) is 1.35. The van der Waals surface area contributed by atoms with Crippen LogP contribution in [-0.2, 0) is 0 Å². The van der Waals surface area contributed by atoms with Crippen LogP contribution in [0.25, 0.3) is 0 Å².